The van der Waals surface area contributed by atoms with E-state index in [1.807, 2.05) is 0 Å². The van der Waals surface area contributed by atoms with Crippen molar-refractivity contribution in [3.05, 3.63) is 0 Å². The zero-order valence-corrected chi connectivity index (χ0v) is 13.1. The van der Waals surface area contributed by atoms with Crippen LogP contribution in [0.2, 0.25) is 29.7 Å². The van der Waals surface area contributed by atoms with Gasteiger partial charge in [0, 0.05) is 0 Å². The van der Waals surface area contributed by atoms with Crippen LogP contribution in [-0.4, -0.2) is 17.4 Å². The van der Waals surface area contributed by atoms with Gasteiger partial charge in [-0.3, -0.25) is 0 Å². The van der Waals surface area contributed by atoms with E-state index in [0.717, 1.165) is 16.6 Å². The van der Waals surface area contributed by atoms with E-state index in [0.29, 0.717) is 0 Å². The van der Waals surface area contributed by atoms with E-state index in [9.17, 15) is 0 Å². The summed E-state index contributed by atoms with van der Waals surface area (Å²) in [6.45, 7) is 18.6. The average molecular weight is 232 g/mol. The average Bonchev–Trinajstić information content (AvgIpc) is 1.97. The monoisotopic (exact) mass is 231 g/mol. The van der Waals surface area contributed by atoms with Gasteiger partial charge in [0.2, 0.25) is 0 Å². The summed E-state index contributed by atoms with van der Waals surface area (Å²) in [7, 11) is -2.11. The molecule has 1 radical (unpaired) electrons. The molecule has 14 heavy (non-hydrogen) atoms. The van der Waals surface area contributed by atoms with Crippen LogP contribution in [0.5, 0.6) is 0 Å². The molecular weight excluding hydrogens is 204 g/mol. The van der Waals surface area contributed by atoms with Crippen molar-refractivity contribution < 1.29 is 4.12 Å². The summed E-state index contributed by atoms with van der Waals surface area (Å²) in [5.74, 6) is 0. The SMILES string of the molecule is CC(C)[Si](O[Si](C)C)(C(C)C)C(C)C. The van der Waals surface area contributed by atoms with E-state index in [-0.39, 0.29) is 0 Å². The molecular formula is C11H27OSi2. The second-order valence-corrected chi connectivity index (χ2v) is 13.1. The highest BCUT2D eigenvalue weighted by atomic mass is 28.4. The molecule has 0 aromatic carbocycles. The van der Waals surface area contributed by atoms with Crippen molar-refractivity contribution in [1.82, 2.24) is 0 Å². The molecule has 85 valence electrons. The highest BCUT2D eigenvalue weighted by molar-refractivity contribution is 6.82. The molecule has 0 spiro atoms. The highest BCUT2D eigenvalue weighted by Gasteiger charge is 2.45. The molecule has 0 saturated heterocycles. The van der Waals surface area contributed by atoms with Crippen LogP contribution in [0.1, 0.15) is 41.5 Å². The van der Waals surface area contributed by atoms with Gasteiger partial charge in [0.25, 0.3) is 0 Å². The van der Waals surface area contributed by atoms with E-state index < -0.39 is 17.4 Å². The van der Waals surface area contributed by atoms with Gasteiger partial charge in [-0.15, -0.1) is 0 Å². The Morgan fingerprint density at radius 3 is 1.14 bits per heavy atom. The van der Waals surface area contributed by atoms with Crippen molar-refractivity contribution >= 4 is 17.4 Å². The van der Waals surface area contributed by atoms with Gasteiger partial charge in [0.1, 0.15) is 0 Å². The third-order valence-corrected chi connectivity index (χ3v) is 11.5. The smallest absolute Gasteiger partial charge is 0.191 e. The molecule has 0 N–H and O–H groups in total. The van der Waals surface area contributed by atoms with Crippen LogP contribution in [0.4, 0.5) is 0 Å². The first-order valence-electron chi connectivity index (χ1n) is 5.74. The summed E-state index contributed by atoms with van der Waals surface area (Å²) < 4.78 is 6.46. The molecule has 0 saturated carbocycles. The second kappa shape index (κ2) is 5.47. The second-order valence-electron chi connectivity index (χ2n) is 5.33. The highest BCUT2D eigenvalue weighted by Crippen LogP contribution is 2.42. The molecule has 3 heteroatoms. The van der Waals surface area contributed by atoms with Gasteiger partial charge in [-0.2, -0.15) is 0 Å². The molecule has 0 aromatic rings. The predicted octanol–water partition coefficient (Wildman–Crippen LogP) is 4.43. The van der Waals surface area contributed by atoms with Crippen LogP contribution in [0, 0.1) is 0 Å². The first-order chi connectivity index (χ1) is 6.25. The van der Waals surface area contributed by atoms with Gasteiger partial charge >= 0.3 is 0 Å². The zero-order valence-electron chi connectivity index (χ0n) is 11.1. The number of hydrogen-bond acceptors (Lipinski definition) is 1. The molecule has 0 heterocycles. The van der Waals surface area contributed by atoms with Gasteiger partial charge in [0.05, 0.1) is 0 Å². The van der Waals surface area contributed by atoms with Crippen molar-refractivity contribution in [1.29, 1.82) is 0 Å². The molecule has 0 aromatic heterocycles. The van der Waals surface area contributed by atoms with Gasteiger partial charge in [0.15, 0.2) is 17.4 Å². The van der Waals surface area contributed by atoms with E-state index in [4.69, 9.17) is 4.12 Å². The lowest BCUT2D eigenvalue weighted by Gasteiger charge is -2.43. The number of hydrogen-bond donors (Lipinski definition) is 0. The Kier molecular flexibility index (Phi) is 5.62. The molecule has 0 unspecified atom stereocenters. The van der Waals surface area contributed by atoms with Crippen molar-refractivity contribution in [3.63, 3.8) is 0 Å². The van der Waals surface area contributed by atoms with Crippen molar-refractivity contribution in [3.8, 4) is 0 Å². The molecule has 1 nitrogen and oxygen atoms in total. The Labute approximate surface area is 93.1 Å². The molecule has 0 aliphatic rings. The fraction of sp³-hybridized carbons (Fsp3) is 1.00. The van der Waals surface area contributed by atoms with Crippen LogP contribution < -0.4 is 0 Å². The standard InChI is InChI=1S/C11H27OSi2/c1-9(2)14(10(3)4,11(5)6)12-13(7)8/h9-11H,1-8H3. The molecule has 0 atom stereocenters. The van der Waals surface area contributed by atoms with Crippen molar-refractivity contribution in [2.75, 3.05) is 0 Å². The molecule has 0 rings (SSSR count). The summed E-state index contributed by atoms with van der Waals surface area (Å²) in [4.78, 5) is 0. The zero-order chi connectivity index (χ0) is 11.5. The van der Waals surface area contributed by atoms with Crippen LogP contribution in [-0.2, 0) is 4.12 Å². The molecule has 0 aliphatic heterocycles. The van der Waals surface area contributed by atoms with E-state index in [1.54, 1.807) is 0 Å². The van der Waals surface area contributed by atoms with Crippen molar-refractivity contribution in [2.45, 2.75) is 71.3 Å². The van der Waals surface area contributed by atoms with E-state index in [1.165, 1.54) is 0 Å². The van der Waals surface area contributed by atoms with Gasteiger partial charge in [-0.1, -0.05) is 41.5 Å². The van der Waals surface area contributed by atoms with Crippen LogP contribution in [0.3, 0.4) is 0 Å². The topological polar surface area (TPSA) is 9.23 Å². The fourth-order valence-corrected chi connectivity index (χ4v) is 12.4. The van der Waals surface area contributed by atoms with Gasteiger partial charge in [-0.25, -0.2) is 0 Å². The lowest BCUT2D eigenvalue weighted by molar-refractivity contribution is 0.495. The minimum atomic E-state index is -1.55. The Morgan fingerprint density at radius 1 is 0.786 bits per heavy atom. The third kappa shape index (κ3) is 2.94. The first kappa shape index (κ1) is 14.4. The Morgan fingerprint density at radius 2 is 1.07 bits per heavy atom. The number of rotatable bonds is 5. The lowest BCUT2D eigenvalue weighted by Crippen LogP contribution is -2.50. The summed E-state index contributed by atoms with van der Waals surface area (Å²) in [5, 5.41) is 0. The Hall–Kier alpha value is 0.394. The third-order valence-electron chi connectivity index (χ3n) is 3.09. The quantitative estimate of drug-likeness (QED) is 0.636. The molecule has 0 aliphatic carbocycles. The summed E-state index contributed by atoms with van der Waals surface area (Å²) in [5.41, 5.74) is 2.17. The maximum atomic E-state index is 6.46. The fourth-order valence-electron chi connectivity index (χ4n) is 2.71. The van der Waals surface area contributed by atoms with Crippen LogP contribution >= 0.6 is 0 Å². The minimum absolute atomic E-state index is 0.563. The Bertz CT molecular complexity index is 143. The lowest BCUT2D eigenvalue weighted by atomic mass is 10.5. The normalized spacial score (nSPS) is 13.7. The predicted molar refractivity (Wildman–Crippen MR) is 69.6 cm³/mol. The molecule has 0 fully saturated rings. The molecule has 0 bridgehead atoms. The maximum absolute atomic E-state index is 6.46. The van der Waals surface area contributed by atoms with Gasteiger partial charge < -0.3 is 4.12 Å². The summed E-state index contributed by atoms with van der Waals surface area (Å²) >= 11 is 0. The van der Waals surface area contributed by atoms with Gasteiger partial charge in [-0.05, 0) is 29.7 Å². The largest absolute Gasteiger partial charge is 0.455 e. The maximum Gasteiger partial charge on any atom is 0.191 e. The van der Waals surface area contributed by atoms with E-state index in [2.05, 4.69) is 54.6 Å². The minimum Gasteiger partial charge on any atom is -0.455 e. The molecule has 0 amide bonds. The van der Waals surface area contributed by atoms with Crippen LogP contribution in [0.15, 0.2) is 0 Å². The Balaban J connectivity index is 4.95. The van der Waals surface area contributed by atoms with Crippen LogP contribution in [0.25, 0.3) is 0 Å². The summed E-state index contributed by atoms with van der Waals surface area (Å²) in [6, 6.07) is 0. The summed E-state index contributed by atoms with van der Waals surface area (Å²) in [6.07, 6.45) is 0. The first-order valence-corrected chi connectivity index (χ1v) is 10.3. The van der Waals surface area contributed by atoms with Crippen molar-refractivity contribution in [2.24, 2.45) is 0 Å². The van der Waals surface area contributed by atoms with E-state index >= 15 is 0 Å².